The van der Waals surface area contributed by atoms with Crippen molar-refractivity contribution >= 4 is 21.7 Å². The molecule has 0 amide bonds. The fourth-order valence-corrected chi connectivity index (χ4v) is 2.69. The van der Waals surface area contributed by atoms with Gasteiger partial charge in [-0.2, -0.15) is 0 Å². The van der Waals surface area contributed by atoms with Gasteiger partial charge in [-0.05, 0) is 31.2 Å². The van der Waals surface area contributed by atoms with Crippen LogP contribution in [0.2, 0.25) is 0 Å². The minimum atomic E-state index is -0.0168. The molecule has 2 aromatic carbocycles. The zero-order valence-corrected chi connectivity index (χ0v) is 13.7. The minimum absolute atomic E-state index is 0.0168. The van der Waals surface area contributed by atoms with E-state index in [2.05, 4.69) is 15.9 Å². The molecule has 0 radical (unpaired) electrons. The Balaban J connectivity index is 1.81. The highest BCUT2D eigenvalue weighted by molar-refractivity contribution is 9.10. The molecule has 0 aliphatic carbocycles. The Kier molecular flexibility index (Phi) is 4.34. The molecule has 0 spiro atoms. The van der Waals surface area contributed by atoms with Gasteiger partial charge in [0.15, 0.2) is 17.3 Å². The predicted octanol–water partition coefficient (Wildman–Crippen LogP) is 4.00. The van der Waals surface area contributed by atoms with Crippen LogP contribution in [0, 0.1) is 0 Å². The first-order chi connectivity index (χ1) is 10.6. The molecule has 0 bridgehead atoms. The molecule has 0 aromatic heterocycles. The Labute approximate surface area is 137 Å². The smallest absolute Gasteiger partial charge is 0.163 e. The van der Waals surface area contributed by atoms with E-state index in [1.54, 1.807) is 12.1 Å². The molecule has 5 heteroatoms. The maximum absolute atomic E-state index is 11.6. The third-order valence-corrected chi connectivity index (χ3v) is 4.10. The normalized spacial score (nSPS) is 12.8. The van der Waals surface area contributed by atoms with Crippen LogP contribution in [0.3, 0.4) is 0 Å². The molecule has 3 rings (SSSR count). The van der Waals surface area contributed by atoms with Crippen LogP contribution in [-0.4, -0.2) is 19.0 Å². The molecule has 114 valence electrons. The number of ether oxygens (including phenoxy) is 3. The van der Waals surface area contributed by atoms with Crippen LogP contribution in [0.15, 0.2) is 40.9 Å². The summed E-state index contributed by atoms with van der Waals surface area (Å²) >= 11 is 3.51. The van der Waals surface area contributed by atoms with E-state index in [0.717, 1.165) is 15.8 Å². The molecular formula is C17H15BrO4. The minimum Gasteiger partial charge on any atom is -0.488 e. The van der Waals surface area contributed by atoms with Gasteiger partial charge < -0.3 is 14.2 Å². The number of benzene rings is 2. The Morgan fingerprint density at radius 1 is 1.18 bits per heavy atom. The summed E-state index contributed by atoms with van der Waals surface area (Å²) in [5, 5.41) is 0. The van der Waals surface area contributed by atoms with E-state index < -0.39 is 0 Å². The van der Waals surface area contributed by atoms with Gasteiger partial charge in [-0.25, -0.2) is 0 Å². The molecule has 0 saturated carbocycles. The lowest BCUT2D eigenvalue weighted by molar-refractivity contribution is 0.101. The van der Waals surface area contributed by atoms with Gasteiger partial charge in [-0.3, -0.25) is 4.79 Å². The van der Waals surface area contributed by atoms with E-state index in [1.165, 1.54) is 6.92 Å². The largest absolute Gasteiger partial charge is 0.488 e. The molecule has 2 aromatic rings. The van der Waals surface area contributed by atoms with Crippen molar-refractivity contribution in [3.8, 4) is 17.2 Å². The Morgan fingerprint density at radius 2 is 1.86 bits per heavy atom. The summed E-state index contributed by atoms with van der Waals surface area (Å²) < 4.78 is 17.8. The van der Waals surface area contributed by atoms with Crippen molar-refractivity contribution < 1.29 is 19.0 Å². The number of hydrogen-bond acceptors (Lipinski definition) is 4. The van der Waals surface area contributed by atoms with Gasteiger partial charge in [-0.1, -0.05) is 28.1 Å². The molecule has 1 heterocycles. The van der Waals surface area contributed by atoms with Crippen molar-refractivity contribution in [3.05, 3.63) is 52.0 Å². The topological polar surface area (TPSA) is 44.8 Å². The number of ketones is 1. The molecule has 0 saturated heterocycles. The van der Waals surface area contributed by atoms with Gasteiger partial charge in [0.05, 0.1) is 5.56 Å². The third kappa shape index (κ3) is 3.09. The van der Waals surface area contributed by atoms with Crippen LogP contribution >= 0.6 is 15.9 Å². The monoisotopic (exact) mass is 362 g/mol. The molecule has 1 aliphatic rings. The molecular weight excluding hydrogens is 348 g/mol. The fourth-order valence-electron chi connectivity index (χ4n) is 2.26. The van der Waals surface area contributed by atoms with Crippen molar-refractivity contribution in [1.82, 2.24) is 0 Å². The van der Waals surface area contributed by atoms with E-state index in [-0.39, 0.29) is 5.78 Å². The molecule has 0 unspecified atom stereocenters. The lowest BCUT2D eigenvalue weighted by atomic mass is 10.1. The second kappa shape index (κ2) is 6.40. The van der Waals surface area contributed by atoms with Gasteiger partial charge in [-0.15, -0.1) is 0 Å². The number of carbonyl (C=O) groups excluding carboxylic acids is 1. The quantitative estimate of drug-likeness (QED) is 0.771. The summed E-state index contributed by atoms with van der Waals surface area (Å²) in [6.45, 7) is 2.97. The average Bonchev–Trinajstić information content (AvgIpc) is 2.53. The highest BCUT2D eigenvalue weighted by Gasteiger charge is 2.16. The van der Waals surface area contributed by atoms with Gasteiger partial charge in [0.1, 0.15) is 25.6 Å². The number of para-hydroxylation sites is 1. The average molecular weight is 363 g/mol. The maximum atomic E-state index is 11.6. The predicted molar refractivity (Wildman–Crippen MR) is 85.9 cm³/mol. The Hall–Kier alpha value is -2.01. The number of carbonyl (C=O) groups is 1. The van der Waals surface area contributed by atoms with E-state index in [4.69, 9.17) is 14.2 Å². The standard InChI is InChI=1S/C17H15BrO4/c1-11(19)13-4-2-3-5-15(13)22-10-12-8-16-17(9-14(12)18)21-7-6-20-16/h2-5,8-9H,6-7,10H2,1H3. The second-order valence-corrected chi connectivity index (χ2v) is 5.78. The third-order valence-electron chi connectivity index (χ3n) is 3.36. The Morgan fingerprint density at radius 3 is 2.59 bits per heavy atom. The fraction of sp³-hybridized carbons (Fsp3) is 0.235. The zero-order chi connectivity index (χ0) is 15.5. The van der Waals surface area contributed by atoms with Crippen LogP contribution in [0.4, 0.5) is 0 Å². The first-order valence-corrected chi connectivity index (χ1v) is 7.75. The van der Waals surface area contributed by atoms with Crippen molar-refractivity contribution in [3.63, 3.8) is 0 Å². The van der Waals surface area contributed by atoms with E-state index in [0.29, 0.717) is 36.9 Å². The van der Waals surface area contributed by atoms with E-state index >= 15 is 0 Å². The maximum Gasteiger partial charge on any atom is 0.163 e. The zero-order valence-electron chi connectivity index (χ0n) is 12.1. The molecule has 0 fully saturated rings. The van der Waals surface area contributed by atoms with Crippen molar-refractivity contribution in [2.75, 3.05) is 13.2 Å². The molecule has 1 aliphatic heterocycles. The van der Waals surface area contributed by atoms with Crippen LogP contribution in [0.25, 0.3) is 0 Å². The molecule has 0 N–H and O–H groups in total. The molecule has 4 nitrogen and oxygen atoms in total. The number of fused-ring (bicyclic) bond motifs is 1. The number of halogens is 1. The summed E-state index contributed by atoms with van der Waals surface area (Å²) in [6, 6.07) is 11.0. The molecule has 22 heavy (non-hydrogen) atoms. The number of hydrogen-bond donors (Lipinski definition) is 0. The van der Waals surface area contributed by atoms with Gasteiger partial charge >= 0.3 is 0 Å². The van der Waals surface area contributed by atoms with Gasteiger partial charge in [0, 0.05) is 10.0 Å². The van der Waals surface area contributed by atoms with Crippen LogP contribution in [0.5, 0.6) is 17.2 Å². The molecule has 0 atom stereocenters. The summed E-state index contributed by atoms with van der Waals surface area (Å²) in [4.78, 5) is 11.6. The number of Topliss-reactive ketones (excluding diaryl/α,β-unsaturated/α-hetero) is 1. The Bertz CT molecular complexity index is 712. The van der Waals surface area contributed by atoms with Gasteiger partial charge in [0.2, 0.25) is 0 Å². The lowest BCUT2D eigenvalue weighted by Gasteiger charge is -2.20. The van der Waals surface area contributed by atoms with Crippen molar-refractivity contribution in [1.29, 1.82) is 0 Å². The van der Waals surface area contributed by atoms with Crippen molar-refractivity contribution in [2.45, 2.75) is 13.5 Å². The second-order valence-electron chi connectivity index (χ2n) is 4.93. The van der Waals surface area contributed by atoms with Crippen LogP contribution in [0.1, 0.15) is 22.8 Å². The highest BCUT2D eigenvalue weighted by atomic mass is 79.9. The highest BCUT2D eigenvalue weighted by Crippen LogP contribution is 2.36. The summed E-state index contributed by atoms with van der Waals surface area (Å²) in [7, 11) is 0. The summed E-state index contributed by atoms with van der Waals surface area (Å²) in [6.07, 6.45) is 0. The van der Waals surface area contributed by atoms with Gasteiger partial charge in [0.25, 0.3) is 0 Å². The summed E-state index contributed by atoms with van der Waals surface area (Å²) in [5.41, 5.74) is 1.51. The van der Waals surface area contributed by atoms with Crippen LogP contribution < -0.4 is 14.2 Å². The van der Waals surface area contributed by atoms with E-state index in [9.17, 15) is 4.79 Å². The lowest BCUT2D eigenvalue weighted by Crippen LogP contribution is -2.15. The number of rotatable bonds is 4. The summed E-state index contributed by atoms with van der Waals surface area (Å²) in [5.74, 6) is 2.01. The van der Waals surface area contributed by atoms with E-state index in [1.807, 2.05) is 24.3 Å². The first kappa shape index (κ1) is 14.9. The van der Waals surface area contributed by atoms with Crippen molar-refractivity contribution in [2.24, 2.45) is 0 Å². The first-order valence-electron chi connectivity index (χ1n) is 6.96. The SMILES string of the molecule is CC(=O)c1ccccc1OCc1cc2c(cc1Br)OCCO2. The van der Waals surface area contributed by atoms with Crippen LogP contribution in [-0.2, 0) is 6.61 Å².